The molecule has 6 nitrogen and oxygen atoms in total. The van der Waals surface area contributed by atoms with Crippen LogP contribution in [-0.4, -0.2) is 27.1 Å². The predicted octanol–water partition coefficient (Wildman–Crippen LogP) is 2.45. The van der Waals surface area contributed by atoms with Crippen LogP contribution in [0.2, 0.25) is 0 Å². The molecule has 3 rings (SSSR count). The number of hydrogen-bond donors (Lipinski definition) is 0. The van der Waals surface area contributed by atoms with Crippen LogP contribution < -0.4 is 5.76 Å². The number of amides is 1. The number of carbonyl (C=O) groups excluding carboxylic acids is 1. The maximum Gasteiger partial charge on any atom is 0.437 e. The highest BCUT2D eigenvalue weighted by Crippen LogP contribution is 2.36. The quantitative estimate of drug-likeness (QED) is 0.867. The summed E-state index contributed by atoms with van der Waals surface area (Å²) in [5, 5.41) is 3.96. The number of nitrogens with zero attached hydrogens (tertiary/aromatic N) is 3. The fourth-order valence-corrected chi connectivity index (χ4v) is 3.47. The molecule has 2 aromatic rings. The molecule has 2 heterocycles. The van der Waals surface area contributed by atoms with Crippen molar-refractivity contribution in [3.63, 3.8) is 0 Å². The van der Waals surface area contributed by atoms with E-state index >= 15 is 0 Å². The molecule has 1 aliphatic rings. The monoisotopic (exact) mass is 329 g/mol. The van der Waals surface area contributed by atoms with Crippen molar-refractivity contribution in [2.75, 3.05) is 6.54 Å². The lowest BCUT2D eigenvalue weighted by Crippen LogP contribution is -2.44. The molecule has 2 atom stereocenters. The molecule has 1 amide bonds. The molecule has 1 fully saturated rings. The fourth-order valence-electron chi connectivity index (χ4n) is 3.47. The second-order valence-corrected chi connectivity index (χ2v) is 6.61. The third-order valence-electron chi connectivity index (χ3n) is 4.66. The van der Waals surface area contributed by atoms with Crippen molar-refractivity contribution in [3.8, 4) is 0 Å². The van der Waals surface area contributed by atoms with Crippen LogP contribution in [0.3, 0.4) is 0 Å². The average Bonchev–Trinajstić information content (AvgIpc) is 2.85. The van der Waals surface area contributed by atoms with Gasteiger partial charge in [-0.05, 0) is 31.2 Å². The van der Waals surface area contributed by atoms with E-state index < -0.39 is 5.76 Å². The van der Waals surface area contributed by atoms with Gasteiger partial charge in [-0.1, -0.05) is 36.8 Å². The van der Waals surface area contributed by atoms with Crippen LogP contribution in [0.15, 0.2) is 33.5 Å². The molecular formula is C18H23N3O3. The van der Waals surface area contributed by atoms with Gasteiger partial charge in [0.15, 0.2) is 0 Å². The van der Waals surface area contributed by atoms with Gasteiger partial charge in [0.1, 0.15) is 6.54 Å². The third kappa shape index (κ3) is 3.27. The van der Waals surface area contributed by atoms with Crippen LogP contribution in [0.25, 0.3) is 0 Å². The van der Waals surface area contributed by atoms with Gasteiger partial charge in [-0.25, -0.2) is 4.79 Å². The predicted molar refractivity (Wildman–Crippen MR) is 89.5 cm³/mol. The molecule has 1 aromatic carbocycles. The molecule has 128 valence electrons. The van der Waals surface area contributed by atoms with Crippen molar-refractivity contribution in [3.05, 3.63) is 51.8 Å². The number of benzene rings is 1. The summed E-state index contributed by atoms with van der Waals surface area (Å²) in [4.78, 5) is 26.4. The van der Waals surface area contributed by atoms with Gasteiger partial charge >= 0.3 is 5.76 Å². The number of hydrogen-bond acceptors (Lipinski definition) is 4. The van der Waals surface area contributed by atoms with E-state index in [9.17, 15) is 9.59 Å². The molecule has 0 bridgehead atoms. The first-order chi connectivity index (χ1) is 11.5. The molecule has 0 saturated carbocycles. The molecule has 0 spiro atoms. The molecule has 24 heavy (non-hydrogen) atoms. The number of rotatable bonds is 3. The average molecular weight is 329 g/mol. The zero-order valence-electron chi connectivity index (χ0n) is 14.4. The fraction of sp³-hybridized carbons (Fsp3) is 0.500. The van der Waals surface area contributed by atoms with Crippen molar-refractivity contribution >= 4 is 5.91 Å². The molecule has 0 N–H and O–H groups in total. The van der Waals surface area contributed by atoms with E-state index in [1.807, 2.05) is 4.90 Å². The Morgan fingerprint density at radius 2 is 2.00 bits per heavy atom. The molecular weight excluding hydrogens is 306 g/mol. The van der Waals surface area contributed by atoms with Crippen molar-refractivity contribution < 1.29 is 9.21 Å². The zero-order chi connectivity index (χ0) is 17.3. The molecule has 6 heteroatoms. The summed E-state index contributed by atoms with van der Waals surface area (Å²) in [6, 6.07) is 8.37. The first-order valence-electron chi connectivity index (χ1n) is 8.36. The highest BCUT2D eigenvalue weighted by atomic mass is 16.4. The second kappa shape index (κ2) is 6.63. The van der Waals surface area contributed by atoms with Gasteiger partial charge in [-0.2, -0.15) is 4.68 Å². The van der Waals surface area contributed by atoms with E-state index in [0.717, 1.165) is 23.1 Å². The number of aromatic nitrogens is 2. The Hall–Kier alpha value is -2.37. The maximum absolute atomic E-state index is 12.8. The van der Waals surface area contributed by atoms with Gasteiger partial charge in [0.2, 0.25) is 11.8 Å². The summed E-state index contributed by atoms with van der Waals surface area (Å²) in [6.07, 6.45) is 2.06. The highest BCUT2D eigenvalue weighted by molar-refractivity contribution is 5.76. The van der Waals surface area contributed by atoms with Crippen LogP contribution in [0, 0.1) is 19.8 Å². The van der Waals surface area contributed by atoms with Gasteiger partial charge in [-0.15, -0.1) is 5.10 Å². The molecule has 1 aliphatic heterocycles. The van der Waals surface area contributed by atoms with Gasteiger partial charge in [0.25, 0.3) is 0 Å². The minimum atomic E-state index is -0.585. The minimum Gasteiger partial charge on any atom is -0.393 e. The van der Waals surface area contributed by atoms with Crippen molar-refractivity contribution in [1.29, 1.82) is 0 Å². The Balaban J connectivity index is 1.85. The number of carbonyl (C=O) groups is 1. The summed E-state index contributed by atoms with van der Waals surface area (Å²) >= 11 is 0. The number of aryl methyl sites for hydroxylation is 2. The Labute approximate surface area is 141 Å². The van der Waals surface area contributed by atoms with Gasteiger partial charge < -0.3 is 9.32 Å². The van der Waals surface area contributed by atoms with Crippen LogP contribution in [0.5, 0.6) is 0 Å². The van der Waals surface area contributed by atoms with Crippen LogP contribution in [-0.2, 0) is 11.3 Å². The normalized spacial score (nSPS) is 21.0. The lowest BCUT2D eigenvalue weighted by atomic mass is 9.85. The Bertz CT molecular complexity index is 776. The first-order valence-corrected chi connectivity index (χ1v) is 8.36. The Kier molecular flexibility index (Phi) is 4.55. The summed E-state index contributed by atoms with van der Waals surface area (Å²) in [5.41, 5.74) is 2.34. The molecule has 0 radical (unpaired) electrons. The smallest absolute Gasteiger partial charge is 0.393 e. The molecule has 1 aromatic heterocycles. The van der Waals surface area contributed by atoms with Crippen LogP contribution in [0.4, 0.5) is 0 Å². The Morgan fingerprint density at radius 3 is 2.62 bits per heavy atom. The topological polar surface area (TPSA) is 68.3 Å². The first kappa shape index (κ1) is 16.5. The van der Waals surface area contributed by atoms with E-state index in [1.54, 1.807) is 6.92 Å². The van der Waals surface area contributed by atoms with E-state index in [4.69, 9.17) is 4.42 Å². The third-order valence-corrected chi connectivity index (χ3v) is 4.66. The van der Waals surface area contributed by atoms with Gasteiger partial charge in [0, 0.05) is 13.5 Å². The van der Waals surface area contributed by atoms with Gasteiger partial charge in [0.05, 0.1) is 6.04 Å². The van der Waals surface area contributed by atoms with Crippen molar-refractivity contribution in [1.82, 2.24) is 14.7 Å². The van der Waals surface area contributed by atoms with E-state index in [0.29, 0.717) is 12.5 Å². The lowest BCUT2D eigenvalue weighted by Gasteiger charge is -2.40. The molecule has 2 unspecified atom stereocenters. The van der Waals surface area contributed by atoms with Gasteiger partial charge in [-0.3, -0.25) is 4.79 Å². The molecule has 0 aliphatic carbocycles. The zero-order valence-corrected chi connectivity index (χ0v) is 14.4. The largest absolute Gasteiger partial charge is 0.437 e. The van der Waals surface area contributed by atoms with Crippen LogP contribution in [0.1, 0.15) is 42.8 Å². The van der Waals surface area contributed by atoms with E-state index in [1.165, 1.54) is 5.56 Å². The second-order valence-electron chi connectivity index (χ2n) is 6.61. The molecule has 1 saturated heterocycles. The highest BCUT2D eigenvalue weighted by Gasteiger charge is 2.33. The van der Waals surface area contributed by atoms with Crippen molar-refractivity contribution in [2.45, 2.75) is 46.2 Å². The minimum absolute atomic E-state index is 0.0375. The lowest BCUT2D eigenvalue weighted by molar-refractivity contribution is -0.137. The Morgan fingerprint density at radius 1 is 1.29 bits per heavy atom. The number of likely N-dealkylation sites (tertiary alicyclic amines) is 1. The summed E-state index contributed by atoms with van der Waals surface area (Å²) < 4.78 is 5.97. The summed E-state index contributed by atoms with van der Waals surface area (Å²) in [5.74, 6) is -0.0311. The SMILES string of the molecule is Cc1ccc(C2C(C)CCCN2C(=O)Cn2nc(C)oc2=O)cc1. The van der Waals surface area contributed by atoms with Crippen molar-refractivity contribution in [2.24, 2.45) is 5.92 Å². The standard InChI is InChI=1S/C18H23N3O3/c1-12-6-8-15(9-7-12)17-13(2)5-4-10-20(17)16(22)11-21-18(23)24-14(3)19-21/h6-9,13,17H,4-5,10-11H2,1-3H3. The summed E-state index contributed by atoms with van der Waals surface area (Å²) in [7, 11) is 0. The van der Waals surface area contributed by atoms with Crippen LogP contribution >= 0.6 is 0 Å². The van der Waals surface area contributed by atoms with E-state index in [2.05, 4.69) is 43.2 Å². The van der Waals surface area contributed by atoms with E-state index in [-0.39, 0.29) is 24.4 Å². The number of piperidine rings is 1. The maximum atomic E-state index is 12.8. The summed E-state index contributed by atoms with van der Waals surface area (Å²) in [6.45, 7) is 6.45.